The lowest BCUT2D eigenvalue weighted by atomic mass is 10.1. The molecule has 2 N–H and O–H groups in total. The lowest BCUT2D eigenvalue weighted by Gasteiger charge is -2.22. The minimum absolute atomic E-state index is 0.186. The first-order valence-corrected chi connectivity index (χ1v) is 9.05. The number of anilines is 1. The molecule has 0 amide bonds. The summed E-state index contributed by atoms with van der Waals surface area (Å²) >= 11 is 3.42. The number of unbranched alkanes of at least 4 members (excludes halogenated alkanes) is 1. The van der Waals surface area contributed by atoms with E-state index < -0.39 is 5.97 Å². The number of rotatable bonds is 9. The molecule has 0 unspecified atom stereocenters. The zero-order chi connectivity index (χ0) is 18.2. The first kappa shape index (κ1) is 19.2. The Hall–Kier alpha value is -2.15. The van der Waals surface area contributed by atoms with Gasteiger partial charge in [0.25, 0.3) is 0 Å². The van der Waals surface area contributed by atoms with E-state index in [1.165, 1.54) is 0 Å². The van der Waals surface area contributed by atoms with Crippen LogP contribution < -0.4 is 4.90 Å². The first-order valence-electron chi connectivity index (χ1n) is 8.26. The smallest absolute Gasteiger partial charge is 0.303 e. The van der Waals surface area contributed by atoms with Crippen LogP contribution in [0.2, 0.25) is 0 Å². The van der Waals surface area contributed by atoms with Gasteiger partial charge in [-0.15, -0.1) is 5.10 Å². The lowest BCUT2D eigenvalue weighted by Crippen LogP contribution is -2.23. The van der Waals surface area contributed by atoms with Gasteiger partial charge in [-0.25, -0.2) is 0 Å². The van der Waals surface area contributed by atoms with Crippen molar-refractivity contribution in [3.8, 4) is 5.75 Å². The third-order valence-electron chi connectivity index (χ3n) is 3.89. The van der Waals surface area contributed by atoms with Gasteiger partial charge in [0.15, 0.2) is 5.82 Å². The summed E-state index contributed by atoms with van der Waals surface area (Å²) < 4.78 is 0.916. The summed E-state index contributed by atoms with van der Waals surface area (Å²) in [6.45, 7) is 3.30. The van der Waals surface area contributed by atoms with Gasteiger partial charge in [0.1, 0.15) is 5.75 Å². The van der Waals surface area contributed by atoms with E-state index in [0.29, 0.717) is 13.0 Å². The molecule has 1 heterocycles. The molecule has 2 rings (SSSR count). The summed E-state index contributed by atoms with van der Waals surface area (Å²) in [5, 5.41) is 27.2. The quantitative estimate of drug-likeness (QED) is 0.615. The van der Waals surface area contributed by atoms with Crippen molar-refractivity contribution in [3.05, 3.63) is 46.1 Å². The van der Waals surface area contributed by atoms with Gasteiger partial charge >= 0.3 is 5.97 Å². The predicted molar refractivity (Wildman–Crippen MR) is 99.8 cm³/mol. The molecule has 0 saturated heterocycles. The van der Waals surface area contributed by atoms with Crippen molar-refractivity contribution < 1.29 is 15.0 Å². The van der Waals surface area contributed by atoms with Crippen molar-refractivity contribution in [2.24, 2.45) is 0 Å². The van der Waals surface area contributed by atoms with E-state index in [1.807, 2.05) is 30.0 Å². The van der Waals surface area contributed by atoms with E-state index in [9.17, 15) is 9.90 Å². The highest BCUT2D eigenvalue weighted by Crippen LogP contribution is 2.24. The molecule has 7 heteroatoms. The Morgan fingerprint density at radius 3 is 2.64 bits per heavy atom. The molecule has 0 aliphatic heterocycles. The van der Waals surface area contributed by atoms with Crippen LogP contribution in [0.15, 0.2) is 34.8 Å². The Kier molecular flexibility index (Phi) is 7.18. The van der Waals surface area contributed by atoms with E-state index in [0.717, 1.165) is 40.9 Å². The molecule has 0 spiro atoms. The number of aliphatic carboxylic acids is 1. The standard InChI is InChI=1S/C18H22BrN3O3/c1-2-22(12-13-11-14(19)7-9-16(13)23)17-10-8-15(20-21-17)5-3-4-6-18(24)25/h7-11,23H,2-6,12H2,1H3,(H,24,25). The number of carboxylic acid groups (broad SMARTS) is 1. The van der Waals surface area contributed by atoms with Gasteiger partial charge in [-0.1, -0.05) is 15.9 Å². The minimum Gasteiger partial charge on any atom is -0.508 e. The van der Waals surface area contributed by atoms with E-state index in [2.05, 4.69) is 26.1 Å². The van der Waals surface area contributed by atoms with Crippen LogP contribution in [-0.4, -0.2) is 32.9 Å². The zero-order valence-corrected chi connectivity index (χ0v) is 15.7. The number of carboxylic acids is 1. The molecule has 1 aromatic heterocycles. The SMILES string of the molecule is CCN(Cc1cc(Br)ccc1O)c1ccc(CCCCC(=O)O)nn1. The lowest BCUT2D eigenvalue weighted by molar-refractivity contribution is -0.137. The number of aromatic nitrogens is 2. The van der Waals surface area contributed by atoms with Crippen LogP contribution in [0.1, 0.15) is 37.4 Å². The van der Waals surface area contributed by atoms with Crippen LogP contribution in [0.5, 0.6) is 5.75 Å². The highest BCUT2D eigenvalue weighted by molar-refractivity contribution is 9.10. The molecule has 0 fully saturated rings. The monoisotopic (exact) mass is 407 g/mol. The Labute approximate surface area is 155 Å². The van der Waals surface area contributed by atoms with E-state index >= 15 is 0 Å². The van der Waals surface area contributed by atoms with E-state index in [1.54, 1.807) is 12.1 Å². The third kappa shape index (κ3) is 6.01. The predicted octanol–water partition coefficient (Wildman–Crippen LogP) is 3.77. The zero-order valence-electron chi connectivity index (χ0n) is 14.2. The van der Waals surface area contributed by atoms with Gasteiger partial charge in [-0.05, 0) is 56.5 Å². The second kappa shape index (κ2) is 9.36. The average molecular weight is 408 g/mol. The Morgan fingerprint density at radius 1 is 1.20 bits per heavy atom. The fourth-order valence-corrected chi connectivity index (χ4v) is 2.89. The van der Waals surface area contributed by atoms with Crippen LogP contribution in [-0.2, 0) is 17.8 Å². The van der Waals surface area contributed by atoms with Gasteiger partial charge in [-0.2, -0.15) is 5.10 Å². The van der Waals surface area contributed by atoms with Gasteiger partial charge in [-0.3, -0.25) is 4.79 Å². The summed E-state index contributed by atoms with van der Waals surface area (Å²) in [7, 11) is 0. The number of nitrogens with zero attached hydrogens (tertiary/aromatic N) is 3. The fraction of sp³-hybridized carbons (Fsp3) is 0.389. The molecule has 1 aromatic carbocycles. The van der Waals surface area contributed by atoms with Gasteiger partial charge < -0.3 is 15.1 Å². The molecule has 0 saturated carbocycles. The Morgan fingerprint density at radius 2 is 2.00 bits per heavy atom. The highest BCUT2D eigenvalue weighted by Gasteiger charge is 2.11. The average Bonchev–Trinajstić information content (AvgIpc) is 2.60. The third-order valence-corrected chi connectivity index (χ3v) is 4.38. The van der Waals surface area contributed by atoms with Gasteiger partial charge in [0, 0.05) is 29.5 Å². The number of halogens is 1. The topological polar surface area (TPSA) is 86.5 Å². The summed E-state index contributed by atoms with van der Waals surface area (Å²) in [5.41, 5.74) is 1.67. The number of phenols is 1. The van der Waals surface area contributed by atoms with Crippen LogP contribution >= 0.6 is 15.9 Å². The van der Waals surface area contributed by atoms with Crippen LogP contribution in [0.3, 0.4) is 0 Å². The first-order chi connectivity index (χ1) is 12.0. The molecule has 0 radical (unpaired) electrons. The van der Waals surface area contributed by atoms with Crippen molar-refractivity contribution in [3.63, 3.8) is 0 Å². The van der Waals surface area contributed by atoms with Crippen LogP contribution in [0.4, 0.5) is 5.82 Å². The maximum absolute atomic E-state index is 10.5. The molecular formula is C18H22BrN3O3. The molecule has 0 atom stereocenters. The number of phenolic OH excluding ortho intramolecular Hbond substituents is 1. The summed E-state index contributed by atoms with van der Waals surface area (Å²) in [6.07, 6.45) is 2.33. The van der Waals surface area contributed by atoms with Crippen LogP contribution in [0.25, 0.3) is 0 Å². The maximum atomic E-state index is 10.5. The number of aromatic hydroxyl groups is 1. The molecule has 6 nitrogen and oxygen atoms in total. The molecule has 0 aliphatic rings. The maximum Gasteiger partial charge on any atom is 0.303 e. The molecule has 134 valence electrons. The summed E-state index contributed by atoms with van der Waals surface area (Å²) in [6, 6.07) is 9.19. The molecule has 0 bridgehead atoms. The summed E-state index contributed by atoms with van der Waals surface area (Å²) in [4.78, 5) is 12.5. The largest absolute Gasteiger partial charge is 0.508 e. The number of hydrogen-bond donors (Lipinski definition) is 2. The van der Waals surface area contributed by atoms with Crippen molar-refractivity contribution >= 4 is 27.7 Å². The van der Waals surface area contributed by atoms with Gasteiger partial charge in [0.05, 0.1) is 5.69 Å². The number of carbonyl (C=O) groups is 1. The molecule has 2 aromatic rings. The number of benzene rings is 1. The molecule has 0 aliphatic carbocycles. The van der Waals surface area contributed by atoms with Crippen molar-refractivity contribution in [2.45, 2.75) is 39.2 Å². The minimum atomic E-state index is -0.768. The Balaban J connectivity index is 1.98. The van der Waals surface area contributed by atoms with Crippen LogP contribution in [0, 0.1) is 0 Å². The van der Waals surface area contributed by atoms with Crippen molar-refractivity contribution in [1.29, 1.82) is 0 Å². The number of hydrogen-bond acceptors (Lipinski definition) is 5. The fourth-order valence-electron chi connectivity index (χ4n) is 2.48. The normalized spacial score (nSPS) is 10.6. The second-order valence-corrected chi connectivity index (χ2v) is 6.69. The molecular weight excluding hydrogens is 386 g/mol. The van der Waals surface area contributed by atoms with E-state index in [-0.39, 0.29) is 12.2 Å². The summed E-state index contributed by atoms with van der Waals surface area (Å²) in [5.74, 6) is 0.233. The van der Waals surface area contributed by atoms with Crippen molar-refractivity contribution in [1.82, 2.24) is 10.2 Å². The highest BCUT2D eigenvalue weighted by atomic mass is 79.9. The van der Waals surface area contributed by atoms with Crippen molar-refractivity contribution in [2.75, 3.05) is 11.4 Å². The number of aryl methyl sites for hydroxylation is 1. The Bertz CT molecular complexity index is 707. The van der Waals surface area contributed by atoms with E-state index in [4.69, 9.17) is 5.11 Å². The second-order valence-electron chi connectivity index (χ2n) is 5.77. The van der Waals surface area contributed by atoms with Gasteiger partial charge in [0.2, 0.25) is 0 Å². The molecule has 25 heavy (non-hydrogen) atoms.